The van der Waals surface area contributed by atoms with Crippen molar-refractivity contribution in [3.05, 3.63) is 38.0 Å². The van der Waals surface area contributed by atoms with Crippen LogP contribution in [0.15, 0.2) is 17.5 Å². The summed E-state index contributed by atoms with van der Waals surface area (Å²) in [5.74, 6) is 0.0130. The molecule has 3 nitrogen and oxygen atoms in total. The second-order valence-corrected chi connectivity index (χ2v) is 6.23. The Kier molecular flexibility index (Phi) is 4.49. The van der Waals surface area contributed by atoms with E-state index in [-0.39, 0.29) is 5.91 Å². The molecular weight excluding hydrogens is 264 g/mol. The normalized spacial score (nSPS) is 10.6. The molecule has 18 heavy (non-hydrogen) atoms. The first-order valence-electron chi connectivity index (χ1n) is 5.97. The third-order valence-corrected chi connectivity index (χ3v) is 4.57. The second kappa shape index (κ2) is 6.11. The Bertz CT molecular complexity index is 531. The highest BCUT2D eigenvalue weighted by Crippen LogP contribution is 2.14. The van der Waals surface area contributed by atoms with Crippen molar-refractivity contribution in [3.63, 3.8) is 0 Å². The first-order chi connectivity index (χ1) is 8.69. The lowest BCUT2D eigenvalue weighted by molar-refractivity contribution is 0.0958. The fourth-order valence-electron chi connectivity index (χ4n) is 1.57. The molecule has 0 aliphatic heterocycles. The third kappa shape index (κ3) is 3.40. The molecule has 2 aromatic rings. The van der Waals surface area contributed by atoms with Gasteiger partial charge in [0.1, 0.15) is 0 Å². The summed E-state index contributed by atoms with van der Waals surface area (Å²) < 4.78 is 0. The third-order valence-electron chi connectivity index (χ3n) is 2.53. The fraction of sp³-hybridized carbons (Fsp3) is 0.385. The number of aryl methyl sites for hydroxylation is 2. The lowest BCUT2D eigenvalue weighted by Gasteiger charge is -2.01. The maximum atomic E-state index is 11.8. The number of nitrogens with one attached hydrogen (secondary N) is 1. The standard InChI is InChI=1S/C13H16N2OS2/c1-3-12-15-10(8-17-12)6-7-14-13(16)11-5-4-9(2)18-11/h4-5,8H,3,6-7H2,1-2H3,(H,14,16). The van der Waals surface area contributed by atoms with Crippen molar-refractivity contribution in [2.24, 2.45) is 0 Å². The van der Waals surface area contributed by atoms with Crippen LogP contribution in [0.3, 0.4) is 0 Å². The Morgan fingerprint density at radius 3 is 2.89 bits per heavy atom. The van der Waals surface area contributed by atoms with Gasteiger partial charge in [0.15, 0.2) is 0 Å². The number of carbonyl (C=O) groups is 1. The quantitative estimate of drug-likeness (QED) is 0.914. The number of hydrogen-bond acceptors (Lipinski definition) is 4. The highest BCUT2D eigenvalue weighted by Gasteiger charge is 2.07. The van der Waals surface area contributed by atoms with Crippen LogP contribution in [0.5, 0.6) is 0 Å². The van der Waals surface area contributed by atoms with Crippen molar-refractivity contribution in [2.75, 3.05) is 6.54 Å². The molecule has 2 heterocycles. The van der Waals surface area contributed by atoms with E-state index in [9.17, 15) is 4.79 Å². The minimum absolute atomic E-state index is 0.0130. The molecule has 0 saturated heterocycles. The summed E-state index contributed by atoms with van der Waals surface area (Å²) in [7, 11) is 0. The fourth-order valence-corrected chi connectivity index (χ4v) is 3.14. The van der Waals surface area contributed by atoms with Crippen molar-refractivity contribution >= 4 is 28.6 Å². The molecule has 1 N–H and O–H groups in total. The van der Waals surface area contributed by atoms with E-state index in [0.29, 0.717) is 6.54 Å². The summed E-state index contributed by atoms with van der Waals surface area (Å²) in [5.41, 5.74) is 1.07. The van der Waals surface area contributed by atoms with E-state index < -0.39 is 0 Å². The van der Waals surface area contributed by atoms with Crippen LogP contribution in [0.4, 0.5) is 0 Å². The summed E-state index contributed by atoms with van der Waals surface area (Å²) in [6, 6.07) is 3.83. The Hall–Kier alpha value is -1.20. The average Bonchev–Trinajstić information content (AvgIpc) is 2.98. The first-order valence-corrected chi connectivity index (χ1v) is 7.66. The maximum absolute atomic E-state index is 11.8. The molecule has 96 valence electrons. The summed E-state index contributed by atoms with van der Waals surface area (Å²) in [6.45, 7) is 4.75. The van der Waals surface area contributed by atoms with Crippen molar-refractivity contribution in [1.82, 2.24) is 10.3 Å². The molecule has 0 bridgehead atoms. The van der Waals surface area contributed by atoms with Gasteiger partial charge in [0, 0.05) is 23.2 Å². The summed E-state index contributed by atoms with van der Waals surface area (Å²) in [4.78, 5) is 18.2. The van der Waals surface area contributed by atoms with E-state index in [2.05, 4.69) is 22.6 Å². The van der Waals surface area contributed by atoms with Crippen molar-refractivity contribution < 1.29 is 4.79 Å². The van der Waals surface area contributed by atoms with Gasteiger partial charge in [0.25, 0.3) is 5.91 Å². The number of thiophene rings is 1. The highest BCUT2D eigenvalue weighted by molar-refractivity contribution is 7.13. The topological polar surface area (TPSA) is 42.0 Å². The smallest absolute Gasteiger partial charge is 0.261 e. The van der Waals surface area contributed by atoms with Gasteiger partial charge in [-0.15, -0.1) is 22.7 Å². The number of aromatic nitrogens is 1. The maximum Gasteiger partial charge on any atom is 0.261 e. The second-order valence-electron chi connectivity index (χ2n) is 4.00. The van der Waals surface area contributed by atoms with Crippen LogP contribution in [0.1, 0.15) is 32.2 Å². The molecule has 2 rings (SSSR count). The summed E-state index contributed by atoms with van der Waals surface area (Å²) in [6.07, 6.45) is 1.78. The van der Waals surface area contributed by atoms with E-state index in [1.54, 1.807) is 11.3 Å². The minimum atomic E-state index is 0.0130. The zero-order valence-electron chi connectivity index (χ0n) is 10.5. The monoisotopic (exact) mass is 280 g/mol. The van der Waals surface area contributed by atoms with Gasteiger partial charge in [0.2, 0.25) is 0 Å². The molecular formula is C13H16N2OS2. The van der Waals surface area contributed by atoms with E-state index in [0.717, 1.165) is 33.3 Å². The molecule has 0 radical (unpaired) electrons. The zero-order valence-corrected chi connectivity index (χ0v) is 12.2. The van der Waals surface area contributed by atoms with Gasteiger partial charge in [-0.25, -0.2) is 4.98 Å². The average molecular weight is 280 g/mol. The summed E-state index contributed by atoms with van der Waals surface area (Å²) in [5, 5.41) is 6.15. The lowest BCUT2D eigenvalue weighted by Crippen LogP contribution is -2.24. The van der Waals surface area contributed by atoms with E-state index >= 15 is 0 Å². The molecule has 0 spiro atoms. The Morgan fingerprint density at radius 2 is 2.28 bits per heavy atom. The predicted molar refractivity (Wildman–Crippen MR) is 76.6 cm³/mol. The lowest BCUT2D eigenvalue weighted by atomic mass is 10.3. The van der Waals surface area contributed by atoms with Crippen molar-refractivity contribution in [2.45, 2.75) is 26.7 Å². The van der Waals surface area contributed by atoms with Crippen LogP contribution in [0.25, 0.3) is 0 Å². The van der Waals surface area contributed by atoms with Crippen LogP contribution in [-0.4, -0.2) is 17.4 Å². The largest absolute Gasteiger partial charge is 0.351 e. The molecule has 0 unspecified atom stereocenters. The van der Waals surface area contributed by atoms with Crippen LogP contribution in [0, 0.1) is 6.92 Å². The van der Waals surface area contributed by atoms with Crippen molar-refractivity contribution in [1.29, 1.82) is 0 Å². The Morgan fingerprint density at radius 1 is 1.44 bits per heavy atom. The minimum Gasteiger partial charge on any atom is -0.351 e. The number of amides is 1. The van der Waals surface area contributed by atoms with Gasteiger partial charge in [-0.1, -0.05) is 6.92 Å². The number of thiazole rings is 1. The van der Waals surface area contributed by atoms with Gasteiger partial charge in [0.05, 0.1) is 15.6 Å². The van der Waals surface area contributed by atoms with Gasteiger partial charge in [-0.05, 0) is 25.5 Å². The zero-order chi connectivity index (χ0) is 13.0. The molecule has 0 fully saturated rings. The van der Waals surface area contributed by atoms with Gasteiger partial charge < -0.3 is 5.32 Å². The molecule has 0 aliphatic carbocycles. The van der Waals surface area contributed by atoms with Crippen LogP contribution < -0.4 is 5.32 Å². The SMILES string of the molecule is CCc1nc(CCNC(=O)c2ccc(C)s2)cs1. The molecule has 0 aromatic carbocycles. The summed E-state index contributed by atoms with van der Waals surface area (Å²) >= 11 is 3.21. The van der Waals surface area contributed by atoms with E-state index in [1.807, 2.05) is 19.1 Å². The molecule has 2 aromatic heterocycles. The van der Waals surface area contributed by atoms with Crippen LogP contribution in [-0.2, 0) is 12.8 Å². The van der Waals surface area contributed by atoms with E-state index in [1.165, 1.54) is 11.3 Å². The Balaban J connectivity index is 1.80. The van der Waals surface area contributed by atoms with E-state index in [4.69, 9.17) is 0 Å². The highest BCUT2D eigenvalue weighted by atomic mass is 32.1. The number of nitrogens with zero attached hydrogens (tertiary/aromatic N) is 1. The molecule has 1 amide bonds. The molecule has 5 heteroatoms. The van der Waals surface area contributed by atoms with Crippen LogP contribution >= 0.6 is 22.7 Å². The van der Waals surface area contributed by atoms with Crippen molar-refractivity contribution in [3.8, 4) is 0 Å². The molecule has 0 atom stereocenters. The molecule has 0 saturated carbocycles. The predicted octanol–water partition coefficient (Wildman–Crippen LogP) is 3.05. The number of carbonyl (C=O) groups excluding carboxylic acids is 1. The number of hydrogen-bond donors (Lipinski definition) is 1. The van der Waals surface area contributed by atoms with Gasteiger partial charge in [-0.2, -0.15) is 0 Å². The van der Waals surface area contributed by atoms with Crippen LogP contribution in [0.2, 0.25) is 0 Å². The molecule has 0 aliphatic rings. The first kappa shape index (κ1) is 13.2. The van der Waals surface area contributed by atoms with Gasteiger partial charge >= 0.3 is 0 Å². The van der Waals surface area contributed by atoms with Gasteiger partial charge in [-0.3, -0.25) is 4.79 Å². The number of rotatable bonds is 5. The Labute approximate surface area is 115 Å².